The Kier molecular flexibility index (Phi) is 4.74. The van der Waals surface area contributed by atoms with E-state index in [-0.39, 0.29) is 18.9 Å². The second kappa shape index (κ2) is 6.52. The molecule has 0 spiro atoms. The van der Waals surface area contributed by atoms with E-state index in [2.05, 4.69) is 0 Å². The maximum atomic E-state index is 12.1. The molecule has 1 aliphatic rings. The third kappa shape index (κ3) is 3.17. The lowest BCUT2D eigenvalue weighted by Gasteiger charge is -2.37. The van der Waals surface area contributed by atoms with Gasteiger partial charge in [-0.1, -0.05) is 30.3 Å². The number of aliphatic hydroxyl groups is 1. The maximum absolute atomic E-state index is 12.1. The van der Waals surface area contributed by atoms with E-state index in [1.807, 2.05) is 30.3 Å². The Morgan fingerprint density at radius 2 is 2.10 bits per heavy atom. The standard InChI is InChI=1S/C15H19NO4/c1-2-20-15(19)14-12(17)8-9-13(18)16(14)10-11-6-4-3-5-7-11/h3-7,12,14,17H,2,8-10H2,1H3/t12-,14+/m0/s1. The highest BCUT2D eigenvalue weighted by Gasteiger charge is 2.40. The van der Waals surface area contributed by atoms with Gasteiger partial charge >= 0.3 is 5.97 Å². The van der Waals surface area contributed by atoms with Gasteiger partial charge in [-0.25, -0.2) is 4.79 Å². The van der Waals surface area contributed by atoms with E-state index >= 15 is 0 Å². The minimum absolute atomic E-state index is 0.128. The van der Waals surface area contributed by atoms with E-state index < -0.39 is 18.1 Å². The molecule has 1 heterocycles. The SMILES string of the molecule is CCOC(=O)[C@H]1[C@@H](O)CCC(=O)N1Cc1ccccc1. The van der Waals surface area contributed by atoms with Crippen molar-refractivity contribution in [2.45, 2.75) is 38.5 Å². The zero-order valence-corrected chi connectivity index (χ0v) is 11.5. The number of hydrogen-bond donors (Lipinski definition) is 1. The fraction of sp³-hybridized carbons (Fsp3) is 0.467. The number of benzene rings is 1. The summed E-state index contributed by atoms with van der Waals surface area (Å²) in [6.45, 7) is 2.24. The Labute approximate surface area is 118 Å². The topological polar surface area (TPSA) is 66.8 Å². The van der Waals surface area contributed by atoms with Crippen LogP contribution < -0.4 is 0 Å². The molecule has 2 atom stereocenters. The van der Waals surface area contributed by atoms with Crippen LogP contribution in [0.25, 0.3) is 0 Å². The predicted molar refractivity (Wildman–Crippen MR) is 72.7 cm³/mol. The fourth-order valence-corrected chi connectivity index (χ4v) is 2.41. The van der Waals surface area contributed by atoms with Gasteiger partial charge in [-0.15, -0.1) is 0 Å². The van der Waals surface area contributed by atoms with Crippen molar-refractivity contribution >= 4 is 11.9 Å². The summed E-state index contributed by atoms with van der Waals surface area (Å²) < 4.78 is 4.98. The third-order valence-corrected chi connectivity index (χ3v) is 3.40. The molecule has 1 N–H and O–H groups in total. The monoisotopic (exact) mass is 277 g/mol. The predicted octanol–water partition coefficient (Wildman–Crippen LogP) is 1.10. The molecule has 0 bridgehead atoms. The van der Waals surface area contributed by atoms with Gasteiger partial charge in [0.2, 0.25) is 5.91 Å². The lowest BCUT2D eigenvalue weighted by atomic mass is 9.97. The summed E-state index contributed by atoms with van der Waals surface area (Å²) in [5, 5.41) is 10.0. The quantitative estimate of drug-likeness (QED) is 0.837. The van der Waals surface area contributed by atoms with Crippen molar-refractivity contribution in [3.63, 3.8) is 0 Å². The smallest absolute Gasteiger partial charge is 0.331 e. The molecule has 2 rings (SSSR count). The number of hydrogen-bond acceptors (Lipinski definition) is 4. The number of carbonyl (C=O) groups is 2. The Hall–Kier alpha value is -1.88. The largest absolute Gasteiger partial charge is 0.464 e. The van der Waals surface area contributed by atoms with Crippen LogP contribution in [0.3, 0.4) is 0 Å². The van der Waals surface area contributed by atoms with Gasteiger partial charge in [0, 0.05) is 13.0 Å². The lowest BCUT2D eigenvalue weighted by molar-refractivity contribution is -0.165. The summed E-state index contributed by atoms with van der Waals surface area (Å²) in [5.74, 6) is -0.666. The van der Waals surface area contributed by atoms with Crippen LogP contribution in [-0.4, -0.2) is 40.6 Å². The first-order valence-corrected chi connectivity index (χ1v) is 6.81. The first-order chi connectivity index (χ1) is 9.63. The fourth-order valence-electron chi connectivity index (χ4n) is 2.41. The van der Waals surface area contributed by atoms with Gasteiger partial charge in [-0.05, 0) is 18.9 Å². The molecule has 0 aliphatic carbocycles. The Morgan fingerprint density at radius 1 is 1.40 bits per heavy atom. The highest BCUT2D eigenvalue weighted by atomic mass is 16.5. The highest BCUT2D eigenvalue weighted by Crippen LogP contribution is 2.22. The summed E-state index contributed by atoms with van der Waals surface area (Å²) >= 11 is 0. The van der Waals surface area contributed by atoms with Gasteiger partial charge in [0.15, 0.2) is 6.04 Å². The zero-order valence-electron chi connectivity index (χ0n) is 11.5. The van der Waals surface area contributed by atoms with E-state index in [0.29, 0.717) is 13.0 Å². The van der Waals surface area contributed by atoms with Crippen LogP contribution in [0.4, 0.5) is 0 Å². The molecule has 1 aromatic carbocycles. The summed E-state index contributed by atoms with van der Waals surface area (Å²) in [6.07, 6.45) is -0.312. The average molecular weight is 277 g/mol. The number of carbonyl (C=O) groups excluding carboxylic acids is 2. The van der Waals surface area contributed by atoms with E-state index in [1.54, 1.807) is 6.92 Å². The van der Waals surface area contributed by atoms with E-state index in [0.717, 1.165) is 5.56 Å². The Bertz CT molecular complexity index is 474. The average Bonchev–Trinajstić information content (AvgIpc) is 2.44. The van der Waals surface area contributed by atoms with Crippen LogP contribution in [0, 0.1) is 0 Å². The summed E-state index contributed by atoms with van der Waals surface area (Å²) in [4.78, 5) is 25.5. The molecule has 0 aromatic heterocycles. The number of ether oxygens (including phenoxy) is 1. The van der Waals surface area contributed by atoms with Crippen LogP contribution in [-0.2, 0) is 20.9 Å². The molecule has 5 heteroatoms. The van der Waals surface area contributed by atoms with Crippen molar-refractivity contribution in [3.05, 3.63) is 35.9 Å². The van der Waals surface area contributed by atoms with E-state index in [9.17, 15) is 14.7 Å². The summed E-state index contributed by atoms with van der Waals surface area (Å²) in [5.41, 5.74) is 0.921. The van der Waals surface area contributed by atoms with Gasteiger partial charge in [0.1, 0.15) is 0 Å². The number of esters is 1. The second-order valence-electron chi connectivity index (χ2n) is 4.81. The minimum Gasteiger partial charge on any atom is -0.464 e. The molecule has 20 heavy (non-hydrogen) atoms. The van der Waals surface area contributed by atoms with Gasteiger partial charge in [0.05, 0.1) is 12.7 Å². The number of rotatable bonds is 4. The lowest BCUT2D eigenvalue weighted by Crippen LogP contribution is -2.55. The first kappa shape index (κ1) is 14.5. The maximum Gasteiger partial charge on any atom is 0.331 e. The molecule has 1 amide bonds. The molecule has 0 radical (unpaired) electrons. The van der Waals surface area contributed by atoms with Gasteiger partial charge < -0.3 is 14.7 Å². The minimum atomic E-state index is -0.906. The van der Waals surface area contributed by atoms with Crippen molar-refractivity contribution in [3.8, 4) is 0 Å². The zero-order chi connectivity index (χ0) is 14.5. The molecule has 1 aromatic rings. The highest BCUT2D eigenvalue weighted by molar-refractivity contribution is 5.86. The number of likely N-dealkylation sites (tertiary alicyclic amines) is 1. The van der Waals surface area contributed by atoms with E-state index in [4.69, 9.17) is 4.74 Å². The number of amides is 1. The number of aliphatic hydroxyl groups excluding tert-OH is 1. The molecule has 0 unspecified atom stereocenters. The Morgan fingerprint density at radius 3 is 2.75 bits per heavy atom. The summed E-state index contributed by atoms with van der Waals surface area (Å²) in [7, 11) is 0. The molecular weight excluding hydrogens is 258 g/mol. The molecule has 5 nitrogen and oxygen atoms in total. The van der Waals surface area contributed by atoms with Gasteiger partial charge in [0.25, 0.3) is 0 Å². The molecule has 1 fully saturated rings. The van der Waals surface area contributed by atoms with Crippen LogP contribution >= 0.6 is 0 Å². The van der Waals surface area contributed by atoms with Crippen molar-refractivity contribution in [1.29, 1.82) is 0 Å². The van der Waals surface area contributed by atoms with Crippen LogP contribution in [0.15, 0.2) is 30.3 Å². The van der Waals surface area contributed by atoms with Crippen LogP contribution in [0.2, 0.25) is 0 Å². The van der Waals surface area contributed by atoms with Crippen LogP contribution in [0.1, 0.15) is 25.3 Å². The third-order valence-electron chi connectivity index (χ3n) is 3.40. The van der Waals surface area contributed by atoms with Crippen molar-refractivity contribution in [1.82, 2.24) is 4.90 Å². The van der Waals surface area contributed by atoms with E-state index in [1.165, 1.54) is 4.90 Å². The molecule has 1 aliphatic heterocycles. The van der Waals surface area contributed by atoms with Gasteiger partial charge in [-0.2, -0.15) is 0 Å². The van der Waals surface area contributed by atoms with Crippen molar-refractivity contribution < 1.29 is 19.4 Å². The first-order valence-electron chi connectivity index (χ1n) is 6.81. The molecule has 1 saturated heterocycles. The number of piperidine rings is 1. The van der Waals surface area contributed by atoms with Crippen LogP contribution in [0.5, 0.6) is 0 Å². The molecule has 108 valence electrons. The molecular formula is C15H19NO4. The van der Waals surface area contributed by atoms with Gasteiger partial charge in [-0.3, -0.25) is 4.79 Å². The number of nitrogens with zero attached hydrogens (tertiary/aromatic N) is 1. The normalized spacial score (nSPS) is 22.7. The van der Waals surface area contributed by atoms with Crippen molar-refractivity contribution in [2.75, 3.05) is 6.61 Å². The Balaban J connectivity index is 2.19. The molecule has 0 saturated carbocycles. The second-order valence-corrected chi connectivity index (χ2v) is 4.81. The van der Waals surface area contributed by atoms with Crippen molar-refractivity contribution in [2.24, 2.45) is 0 Å². The summed E-state index contributed by atoms with van der Waals surface area (Å²) in [6, 6.07) is 8.50.